The summed E-state index contributed by atoms with van der Waals surface area (Å²) in [5.74, 6) is 0.602. The molecule has 0 aliphatic carbocycles. The van der Waals surface area contributed by atoms with Gasteiger partial charge in [0.05, 0.1) is 26.0 Å². The van der Waals surface area contributed by atoms with Crippen LogP contribution in [-0.2, 0) is 0 Å². The number of methoxy groups -OCH3 is 2. The molecule has 2 amide bonds. The van der Waals surface area contributed by atoms with Crippen LogP contribution in [0.15, 0.2) is 59.7 Å². The van der Waals surface area contributed by atoms with Gasteiger partial charge in [0, 0.05) is 5.56 Å². The second kappa shape index (κ2) is 8.75. The molecule has 0 aliphatic heterocycles. The van der Waals surface area contributed by atoms with E-state index < -0.39 is 12.0 Å². The van der Waals surface area contributed by atoms with E-state index in [1.54, 1.807) is 18.2 Å². The molecule has 0 atom stereocenters. The minimum absolute atomic E-state index is 0.276. The molecule has 0 heterocycles. The summed E-state index contributed by atoms with van der Waals surface area (Å²) in [6.45, 7) is 0. The highest BCUT2D eigenvalue weighted by Gasteiger charge is 2.16. The van der Waals surface area contributed by atoms with Crippen LogP contribution >= 0.6 is 0 Å². The molecule has 0 saturated heterocycles. The number of amides is 2. The van der Waals surface area contributed by atoms with Gasteiger partial charge in [-0.2, -0.15) is 5.10 Å². The van der Waals surface area contributed by atoms with Crippen molar-refractivity contribution < 1.29 is 23.8 Å². The van der Waals surface area contributed by atoms with Gasteiger partial charge in [0.1, 0.15) is 5.75 Å². The van der Waals surface area contributed by atoms with Gasteiger partial charge in [0.25, 0.3) is 0 Å². The Morgan fingerprint density at radius 3 is 2.41 bits per heavy atom. The van der Waals surface area contributed by atoms with Gasteiger partial charge in [-0.1, -0.05) is 30.3 Å². The number of hydrogen-bond acceptors (Lipinski definition) is 6. The molecule has 0 unspecified atom stereocenters. The third kappa shape index (κ3) is 4.44. The van der Waals surface area contributed by atoms with Crippen LogP contribution in [-0.4, -0.2) is 32.4 Å². The lowest BCUT2D eigenvalue weighted by Crippen LogP contribution is -2.24. The molecular formula is C21H19N3O5. The van der Waals surface area contributed by atoms with Crippen molar-refractivity contribution in [3.05, 3.63) is 65.7 Å². The van der Waals surface area contributed by atoms with E-state index in [4.69, 9.17) is 19.9 Å². The van der Waals surface area contributed by atoms with E-state index in [0.29, 0.717) is 17.1 Å². The SMILES string of the molecule is COc1ccc(C(=O)Oc2ccc3ccccc3c2C=NNC(N)=O)cc1OC. The van der Waals surface area contributed by atoms with Crippen molar-refractivity contribution in [3.8, 4) is 17.2 Å². The number of urea groups is 1. The van der Waals surface area contributed by atoms with Gasteiger partial charge in [0.15, 0.2) is 11.5 Å². The van der Waals surface area contributed by atoms with Gasteiger partial charge >= 0.3 is 12.0 Å². The van der Waals surface area contributed by atoms with E-state index in [9.17, 15) is 9.59 Å². The first-order valence-electron chi connectivity index (χ1n) is 8.58. The molecule has 3 aromatic carbocycles. The Hall–Kier alpha value is -4.07. The van der Waals surface area contributed by atoms with Crippen LogP contribution in [0.4, 0.5) is 4.79 Å². The van der Waals surface area contributed by atoms with Crippen LogP contribution in [0.25, 0.3) is 10.8 Å². The fraction of sp³-hybridized carbons (Fsp3) is 0.0952. The number of carbonyl (C=O) groups is 2. The third-order valence-electron chi connectivity index (χ3n) is 4.12. The third-order valence-corrected chi connectivity index (χ3v) is 4.12. The number of nitrogens with two attached hydrogens (primary N) is 1. The van der Waals surface area contributed by atoms with Gasteiger partial charge in [0.2, 0.25) is 0 Å². The molecule has 0 fully saturated rings. The average Bonchev–Trinajstić information content (AvgIpc) is 2.74. The molecule has 0 radical (unpaired) electrons. The zero-order valence-corrected chi connectivity index (χ0v) is 15.8. The largest absolute Gasteiger partial charge is 0.493 e. The van der Waals surface area contributed by atoms with Crippen LogP contribution in [0.2, 0.25) is 0 Å². The highest BCUT2D eigenvalue weighted by Crippen LogP contribution is 2.30. The van der Waals surface area contributed by atoms with Crippen LogP contribution in [0.3, 0.4) is 0 Å². The lowest BCUT2D eigenvalue weighted by atomic mass is 10.0. The summed E-state index contributed by atoms with van der Waals surface area (Å²) in [4.78, 5) is 23.6. The highest BCUT2D eigenvalue weighted by molar-refractivity contribution is 6.04. The minimum atomic E-state index is -0.801. The number of benzene rings is 3. The first-order valence-corrected chi connectivity index (χ1v) is 8.58. The predicted molar refractivity (Wildman–Crippen MR) is 109 cm³/mol. The number of rotatable bonds is 6. The fourth-order valence-corrected chi connectivity index (χ4v) is 2.78. The molecule has 0 aromatic heterocycles. The van der Waals surface area contributed by atoms with E-state index in [2.05, 4.69) is 10.5 Å². The highest BCUT2D eigenvalue weighted by atomic mass is 16.5. The molecule has 3 aromatic rings. The molecule has 8 nitrogen and oxygen atoms in total. The van der Waals surface area contributed by atoms with E-state index in [0.717, 1.165) is 10.8 Å². The van der Waals surface area contributed by atoms with Gasteiger partial charge in [-0.15, -0.1) is 0 Å². The van der Waals surface area contributed by atoms with Crippen molar-refractivity contribution >= 4 is 29.0 Å². The normalized spacial score (nSPS) is 10.7. The molecule has 0 aliphatic rings. The smallest absolute Gasteiger partial charge is 0.343 e. The van der Waals surface area contributed by atoms with E-state index in [-0.39, 0.29) is 11.3 Å². The van der Waals surface area contributed by atoms with E-state index in [1.165, 1.54) is 26.5 Å². The summed E-state index contributed by atoms with van der Waals surface area (Å²) >= 11 is 0. The minimum Gasteiger partial charge on any atom is -0.493 e. The van der Waals surface area contributed by atoms with Gasteiger partial charge in [-0.25, -0.2) is 15.0 Å². The Morgan fingerprint density at radius 1 is 0.966 bits per heavy atom. The molecule has 0 spiro atoms. The van der Waals surface area contributed by atoms with Crippen molar-refractivity contribution in [2.45, 2.75) is 0 Å². The predicted octanol–water partition coefficient (Wildman–Crippen LogP) is 3.08. The number of hydrogen-bond donors (Lipinski definition) is 2. The van der Waals surface area contributed by atoms with E-state index in [1.807, 2.05) is 30.3 Å². The molecular weight excluding hydrogens is 374 g/mol. The maximum atomic E-state index is 12.7. The van der Waals surface area contributed by atoms with Crippen molar-refractivity contribution in [2.75, 3.05) is 14.2 Å². The number of primary amides is 1. The summed E-state index contributed by atoms with van der Waals surface area (Å²) in [6, 6.07) is 14.9. The molecule has 0 bridgehead atoms. The zero-order valence-electron chi connectivity index (χ0n) is 15.8. The fourth-order valence-electron chi connectivity index (χ4n) is 2.78. The number of ether oxygens (including phenoxy) is 3. The number of nitrogens with zero attached hydrogens (tertiary/aromatic N) is 1. The van der Waals surface area contributed by atoms with Crippen LogP contribution in [0.5, 0.6) is 17.2 Å². The van der Waals surface area contributed by atoms with Gasteiger partial charge < -0.3 is 19.9 Å². The van der Waals surface area contributed by atoms with E-state index >= 15 is 0 Å². The monoisotopic (exact) mass is 393 g/mol. The number of nitrogens with one attached hydrogen (secondary N) is 1. The second-order valence-corrected chi connectivity index (χ2v) is 5.89. The molecule has 3 N–H and O–H groups in total. The Bertz CT molecular complexity index is 1090. The summed E-state index contributed by atoms with van der Waals surface area (Å²) in [6.07, 6.45) is 1.38. The lowest BCUT2D eigenvalue weighted by molar-refractivity contribution is 0.0734. The zero-order chi connectivity index (χ0) is 20.8. The summed E-state index contributed by atoms with van der Waals surface area (Å²) < 4.78 is 16.0. The Labute approximate surface area is 166 Å². The van der Waals surface area contributed by atoms with Crippen molar-refractivity contribution in [1.29, 1.82) is 0 Å². The quantitative estimate of drug-likeness (QED) is 0.289. The van der Waals surface area contributed by atoms with Crippen molar-refractivity contribution in [2.24, 2.45) is 10.8 Å². The number of esters is 1. The van der Waals surface area contributed by atoms with Gasteiger partial charge in [-0.3, -0.25) is 0 Å². The van der Waals surface area contributed by atoms with Crippen LogP contribution in [0, 0.1) is 0 Å². The summed E-state index contributed by atoms with van der Waals surface area (Å²) in [5, 5.41) is 5.51. The van der Waals surface area contributed by atoms with Crippen molar-refractivity contribution in [1.82, 2.24) is 5.43 Å². The van der Waals surface area contributed by atoms with Gasteiger partial charge in [-0.05, 0) is 35.0 Å². The number of fused-ring (bicyclic) bond motifs is 1. The molecule has 8 heteroatoms. The summed E-state index contributed by atoms with van der Waals surface area (Å²) in [5.41, 5.74) is 7.99. The number of hydrazone groups is 1. The standard InChI is InChI=1S/C21H19N3O5/c1-27-18-10-8-14(11-19(18)28-2)20(25)29-17-9-7-13-5-3-4-6-15(13)16(17)12-23-24-21(22)26/h3-12H,1-2H3,(H3,22,24,26). The van der Waals surface area contributed by atoms with Crippen LogP contribution < -0.4 is 25.4 Å². The average molecular weight is 393 g/mol. The maximum absolute atomic E-state index is 12.7. The first kappa shape index (κ1) is 19.7. The molecule has 3 rings (SSSR count). The van der Waals surface area contributed by atoms with Crippen molar-refractivity contribution in [3.63, 3.8) is 0 Å². The Morgan fingerprint density at radius 2 is 1.69 bits per heavy atom. The first-order chi connectivity index (χ1) is 14.0. The lowest BCUT2D eigenvalue weighted by Gasteiger charge is -2.12. The molecule has 29 heavy (non-hydrogen) atoms. The second-order valence-electron chi connectivity index (χ2n) is 5.89. The maximum Gasteiger partial charge on any atom is 0.343 e. The summed E-state index contributed by atoms with van der Waals surface area (Å²) in [7, 11) is 2.99. The molecule has 0 saturated carbocycles. The topological polar surface area (TPSA) is 112 Å². The molecule has 148 valence electrons. The Kier molecular flexibility index (Phi) is 5.94. The Balaban J connectivity index is 1.97. The van der Waals surface area contributed by atoms with Crippen LogP contribution in [0.1, 0.15) is 15.9 Å². The number of carbonyl (C=O) groups excluding carboxylic acids is 2.